The molecular formula is C15H21NO3S. The van der Waals surface area contributed by atoms with Crippen molar-refractivity contribution in [1.29, 1.82) is 0 Å². The molecule has 0 aliphatic carbocycles. The summed E-state index contributed by atoms with van der Waals surface area (Å²) in [5, 5.41) is 2.17. The Bertz CT molecular complexity index is 463. The van der Waals surface area contributed by atoms with Crippen molar-refractivity contribution in [3.63, 3.8) is 0 Å². The van der Waals surface area contributed by atoms with Gasteiger partial charge in [0.15, 0.2) is 0 Å². The van der Waals surface area contributed by atoms with Crippen molar-refractivity contribution < 1.29 is 14.3 Å². The van der Waals surface area contributed by atoms with Gasteiger partial charge >= 0.3 is 6.09 Å². The smallest absolute Gasteiger partial charge is 0.413 e. The Morgan fingerprint density at radius 2 is 1.80 bits per heavy atom. The molecule has 1 rings (SSSR count). The third kappa shape index (κ3) is 5.65. The van der Waals surface area contributed by atoms with Crippen LogP contribution in [0, 0.1) is 0 Å². The van der Waals surface area contributed by atoms with E-state index in [1.165, 1.54) is 17.3 Å². The summed E-state index contributed by atoms with van der Waals surface area (Å²) < 4.78 is 4.64. The lowest BCUT2D eigenvalue weighted by molar-refractivity contribution is -0.117. The second-order valence-corrected chi connectivity index (χ2v) is 6.38. The molecule has 2 amide bonds. The van der Waals surface area contributed by atoms with Gasteiger partial charge < -0.3 is 4.74 Å². The molecule has 1 aromatic rings. The van der Waals surface area contributed by atoms with Crippen molar-refractivity contribution in [3.8, 4) is 0 Å². The average Bonchev–Trinajstić information content (AvgIpc) is 2.36. The van der Waals surface area contributed by atoms with Crippen LogP contribution in [0.4, 0.5) is 4.79 Å². The Hall–Kier alpha value is -1.49. The molecule has 20 heavy (non-hydrogen) atoms. The summed E-state index contributed by atoms with van der Waals surface area (Å²) in [7, 11) is 0. The van der Waals surface area contributed by atoms with Crippen LogP contribution in [0.1, 0.15) is 33.3 Å². The number of thioether (sulfide) groups is 1. The van der Waals surface area contributed by atoms with Crippen LogP contribution in [-0.4, -0.2) is 24.4 Å². The summed E-state index contributed by atoms with van der Waals surface area (Å²) in [5.41, 5.74) is 1.36. The zero-order valence-corrected chi connectivity index (χ0v) is 13.2. The highest BCUT2D eigenvalue weighted by molar-refractivity contribution is 8.00. The Morgan fingerprint density at radius 1 is 1.20 bits per heavy atom. The van der Waals surface area contributed by atoms with Gasteiger partial charge in [-0.05, 0) is 30.0 Å². The molecular weight excluding hydrogens is 274 g/mol. The molecule has 0 heterocycles. The van der Waals surface area contributed by atoms with Gasteiger partial charge in [0.25, 0.3) is 0 Å². The molecule has 5 heteroatoms. The largest absolute Gasteiger partial charge is 0.450 e. The monoisotopic (exact) mass is 295 g/mol. The topological polar surface area (TPSA) is 55.4 Å². The predicted molar refractivity (Wildman–Crippen MR) is 81.0 cm³/mol. The van der Waals surface area contributed by atoms with Crippen LogP contribution in [0.25, 0.3) is 0 Å². The van der Waals surface area contributed by atoms with E-state index in [0.717, 1.165) is 4.90 Å². The number of carbonyl (C=O) groups is 2. The number of alkyl carbamates (subject to hydrolysis) is 1. The maximum absolute atomic E-state index is 11.5. The molecule has 0 atom stereocenters. The third-order valence-corrected chi connectivity index (χ3v) is 3.62. The lowest BCUT2D eigenvalue weighted by Crippen LogP contribution is -2.32. The van der Waals surface area contributed by atoms with Crippen LogP contribution in [0.2, 0.25) is 0 Å². The summed E-state index contributed by atoms with van der Waals surface area (Å²) in [6.07, 6.45) is -0.693. The van der Waals surface area contributed by atoms with Crippen LogP contribution in [0.15, 0.2) is 29.2 Å². The van der Waals surface area contributed by atoms with E-state index in [1.54, 1.807) is 6.92 Å². The molecule has 0 bridgehead atoms. The first-order valence-electron chi connectivity index (χ1n) is 6.53. The van der Waals surface area contributed by atoms with E-state index in [0.29, 0.717) is 0 Å². The molecule has 0 unspecified atom stereocenters. The van der Waals surface area contributed by atoms with Gasteiger partial charge in [-0.25, -0.2) is 4.79 Å². The Kier molecular flexibility index (Phi) is 6.07. The van der Waals surface area contributed by atoms with E-state index in [4.69, 9.17) is 0 Å². The molecule has 1 N–H and O–H groups in total. The lowest BCUT2D eigenvalue weighted by Gasteiger charge is -2.19. The van der Waals surface area contributed by atoms with Gasteiger partial charge in [-0.3, -0.25) is 10.1 Å². The van der Waals surface area contributed by atoms with Crippen LogP contribution in [0.5, 0.6) is 0 Å². The van der Waals surface area contributed by atoms with E-state index in [2.05, 4.69) is 43.0 Å². The zero-order chi connectivity index (χ0) is 15.2. The molecule has 0 saturated carbocycles. The van der Waals surface area contributed by atoms with Crippen LogP contribution in [-0.2, 0) is 14.9 Å². The van der Waals surface area contributed by atoms with Crippen molar-refractivity contribution in [2.24, 2.45) is 0 Å². The number of benzene rings is 1. The van der Waals surface area contributed by atoms with Gasteiger partial charge in [0, 0.05) is 4.90 Å². The summed E-state index contributed by atoms with van der Waals surface area (Å²) in [5.74, 6) is -0.165. The van der Waals surface area contributed by atoms with Gasteiger partial charge in [-0.15, -0.1) is 11.8 Å². The number of hydrogen-bond donors (Lipinski definition) is 1. The Morgan fingerprint density at radius 3 is 2.30 bits per heavy atom. The van der Waals surface area contributed by atoms with Gasteiger partial charge in [0.1, 0.15) is 0 Å². The Balaban J connectivity index is 2.46. The van der Waals surface area contributed by atoms with Gasteiger partial charge in [-0.2, -0.15) is 0 Å². The number of ether oxygens (including phenoxy) is 1. The first-order chi connectivity index (χ1) is 9.32. The van der Waals surface area contributed by atoms with E-state index in [-0.39, 0.29) is 23.7 Å². The second kappa shape index (κ2) is 7.33. The third-order valence-electron chi connectivity index (χ3n) is 2.61. The number of nitrogens with one attached hydrogen (secondary N) is 1. The molecule has 0 aliphatic heterocycles. The van der Waals surface area contributed by atoms with Gasteiger partial charge in [-0.1, -0.05) is 32.9 Å². The number of carbonyl (C=O) groups excluding carboxylic acids is 2. The molecule has 0 aromatic heterocycles. The average molecular weight is 295 g/mol. The molecule has 4 nitrogen and oxygen atoms in total. The summed E-state index contributed by atoms with van der Waals surface area (Å²) in [6.45, 7) is 8.40. The standard InChI is InChI=1S/C15H21NO3S/c1-5-19-14(18)16-13(17)10-20-12-8-6-11(7-9-12)15(2,3)4/h6-9H,5,10H2,1-4H3,(H,16,17,18). The molecule has 0 fully saturated rings. The van der Waals surface area contributed by atoms with Crippen LogP contribution < -0.4 is 5.32 Å². The fourth-order valence-corrected chi connectivity index (χ4v) is 2.22. The highest BCUT2D eigenvalue weighted by Crippen LogP contribution is 2.25. The van der Waals surface area contributed by atoms with Crippen molar-refractivity contribution >= 4 is 23.8 Å². The molecule has 0 spiro atoms. The fraction of sp³-hybridized carbons (Fsp3) is 0.467. The SMILES string of the molecule is CCOC(=O)NC(=O)CSc1ccc(C(C)(C)C)cc1. The van der Waals surface area contributed by atoms with Gasteiger partial charge in [0.05, 0.1) is 12.4 Å². The normalized spacial score (nSPS) is 11.0. The highest BCUT2D eigenvalue weighted by atomic mass is 32.2. The number of rotatable bonds is 4. The Labute approximate surface area is 124 Å². The fourth-order valence-electron chi connectivity index (χ4n) is 1.52. The minimum Gasteiger partial charge on any atom is -0.450 e. The van der Waals surface area contributed by atoms with E-state index in [1.807, 2.05) is 12.1 Å². The molecule has 110 valence electrons. The van der Waals surface area contributed by atoms with E-state index in [9.17, 15) is 9.59 Å². The van der Waals surface area contributed by atoms with E-state index < -0.39 is 6.09 Å². The van der Waals surface area contributed by atoms with Crippen molar-refractivity contribution in [3.05, 3.63) is 29.8 Å². The number of hydrogen-bond acceptors (Lipinski definition) is 4. The van der Waals surface area contributed by atoms with Crippen molar-refractivity contribution in [1.82, 2.24) is 5.32 Å². The first kappa shape index (κ1) is 16.6. The zero-order valence-electron chi connectivity index (χ0n) is 12.4. The second-order valence-electron chi connectivity index (χ2n) is 5.33. The molecule has 0 radical (unpaired) electrons. The van der Waals surface area contributed by atoms with Crippen molar-refractivity contribution in [2.75, 3.05) is 12.4 Å². The number of imide groups is 1. The van der Waals surface area contributed by atoms with Crippen LogP contribution >= 0.6 is 11.8 Å². The first-order valence-corrected chi connectivity index (χ1v) is 7.51. The van der Waals surface area contributed by atoms with E-state index >= 15 is 0 Å². The molecule has 0 aliphatic rings. The summed E-state index contributed by atoms with van der Waals surface area (Å²) in [4.78, 5) is 23.5. The number of amides is 2. The predicted octanol–water partition coefficient (Wildman–Crippen LogP) is 3.35. The van der Waals surface area contributed by atoms with Crippen LogP contribution in [0.3, 0.4) is 0 Å². The maximum Gasteiger partial charge on any atom is 0.413 e. The minimum atomic E-state index is -0.693. The lowest BCUT2D eigenvalue weighted by atomic mass is 9.87. The molecule has 0 saturated heterocycles. The maximum atomic E-state index is 11.5. The summed E-state index contributed by atoms with van der Waals surface area (Å²) >= 11 is 1.39. The summed E-state index contributed by atoms with van der Waals surface area (Å²) in [6, 6.07) is 8.10. The minimum absolute atomic E-state index is 0.116. The highest BCUT2D eigenvalue weighted by Gasteiger charge is 2.13. The van der Waals surface area contributed by atoms with Crippen molar-refractivity contribution in [2.45, 2.75) is 38.0 Å². The van der Waals surface area contributed by atoms with Gasteiger partial charge in [0.2, 0.25) is 5.91 Å². The quantitative estimate of drug-likeness (QED) is 0.866. The molecule has 1 aromatic carbocycles.